The lowest BCUT2D eigenvalue weighted by atomic mass is 9.97. The van der Waals surface area contributed by atoms with E-state index >= 15 is 0 Å². The molecule has 0 spiro atoms. The summed E-state index contributed by atoms with van der Waals surface area (Å²) in [6, 6.07) is 9.03. The van der Waals surface area contributed by atoms with E-state index in [4.69, 9.17) is 10.8 Å². The summed E-state index contributed by atoms with van der Waals surface area (Å²) in [7, 11) is 0. The molecular weight excluding hydrogens is 256 g/mol. The van der Waals surface area contributed by atoms with E-state index in [1.54, 1.807) is 0 Å². The molecule has 4 atom stereocenters. The zero-order valence-electron chi connectivity index (χ0n) is 11.4. The standard InChI is InChI=1S/C15H22N2O3/c16-12(8-10-4-2-1-3-5-10)14(18)9-11-6-7-13(17-11)15(19)20/h1-5,11-14,17-18H,6-9,16H2,(H,19,20). The number of rotatable bonds is 6. The Morgan fingerprint density at radius 1 is 1.35 bits per heavy atom. The molecule has 1 heterocycles. The van der Waals surface area contributed by atoms with Crippen molar-refractivity contribution in [1.29, 1.82) is 0 Å². The Bertz CT molecular complexity index is 438. The number of benzene rings is 1. The van der Waals surface area contributed by atoms with Crippen LogP contribution in [0.4, 0.5) is 0 Å². The maximum absolute atomic E-state index is 10.9. The Kier molecular flexibility index (Phi) is 5.11. The quantitative estimate of drug-likeness (QED) is 0.608. The van der Waals surface area contributed by atoms with Crippen LogP contribution in [-0.2, 0) is 11.2 Å². The molecule has 0 radical (unpaired) electrons. The van der Waals surface area contributed by atoms with Crippen molar-refractivity contribution in [2.75, 3.05) is 0 Å². The van der Waals surface area contributed by atoms with E-state index in [1.807, 2.05) is 30.3 Å². The van der Waals surface area contributed by atoms with Crippen molar-refractivity contribution < 1.29 is 15.0 Å². The van der Waals surface area contributed by atoms with Gasteiger partial charge in [-0.2, -0.15) is 0 Å². The second-order valence-corrected chi connectivity index (χ2v) is 5.49. The number of nitrogens with one attached hydrogen (secondary N) is 1. The van der Waals surface area contributed by atoms with Gasteiger partial charge in [0, 0.05) is 12.1 Å². The zero-order valence-corrected chi connectivity index (χ0v) is 11.4. The lowest BCUT2D eigenvalue weighted by molar-refractivity contribution is -0.139. The van der Waals surface area contributed by atoms with Crippen LogP contribution in [0, 0.1) is 0 Å². The normalized spacial score (nSPS) is 25.3. The number of aliphatic hydroxyl groups excluding tert-OH is 1. The van der Waals surface area contributed by atoms with Crippen LogP contribution >= 0.6 is 0 Å². The second kappa shape index (κ2) is 6.83. The molecule has 1 aliphatic heterocycles. The minimum Gasteiger partial charge on any atom is -0.480 e. The molecule has 5 nitrogen and oxygen atoms in total. The molecule has 5 heteroatoms. The van der Waals surface area contributed by atoms with Crippen LogP contribution in [0.1, 0.15) is 24.8 Å². The average molecular weight is 278 g/mol. The van der Waals surface area contributed by atoms with Gasteiger partial charge in [0.25, 0.3) is 0 Å². The van der Waals surface area contributed by atoms with Gasteiger partial charge in [-0.25, -0.2) is 0 Å². The first-order chi connectivity index (χ1) is 9.56. The number of aliphatic carboxylic acids is 1. The molecule has 0 amide bonds. The van der Waals surface area contributed by atoms with Crippen LogP contribution in [0.5, 0.6) is 0 Å². The van der Waals surface area contributed by atoms with Crippen LogP contribution in [0.15, 0.2) is 30.3 Å². The van der Waals surface area contributed by atoms with Gasteiger partial charge < -0.3 is 21.3 Å². The summed E-state index contributed by atoms with van der Waals surface area (Å²) in [4.78, 5) is 10.9. The minimum absolute atomic E-state index is 0.0351. The fourth-order valence-corrected chi connectivity index (χ4v) is 2.69. The summed E-state index contributed by atoms with van der Waals surface area (Å²) in [6.45, 7) is 0. The fourth-order valence-electron chi connectivity index (χ4n) is 2.69. The first-order valence-electron chi connectivity index (χ1n) is 7.02. The first kappa shape index (κ1) is 15.0. The van der Waals surface area contributed by atoms with E-state index in [1.165, 1.54) is 0 Å². The number of carbonyl (C=O) groups is 1. The topological polar surface area (TPSA) is 95.6 Å². The van der Waals surface area contributed by atoms with Gasteiger partial charge in [-0.15, -0.1) is 0 Å². The number of carboxylic acid groups (broad SMARTS) is 1. The van der Waals surface area contributed by atoms with Crippen LogP contribution in [-0.4, -0.2) is 40.4 Å². The Balaban J connectivity index is 1.80. The summed E-state index contributed by atoms with van der Waals surface area (Å²) < 4.78 is 0. The average Bonchev–Trinajstić information content (AvgIpc) is 2.88. The molecule has 1 aromatic rings. The van der Waals surface area contributed by atoms with Crippen LogP contribution in [0.3, 0.4) is 0 Å². The molecule has 5 N–H and O–H groups in total. The predicted molar refractivity (Wildman–Crippen MR) is 76.3 cm³/mol. The third-order valence-electron chi connectivity index (χ3n) is 3.87. The number of carboxylic acids is 1. The third kappa shape index (κ3) is 4.03. The lowest BCUT2D eigenvalue weighted by Crippen LogP contribution is -2.42. The molecule has 1 fully saturated rings. The van der Waals surface area contributed by atoms with Gasteiger partial charge in [0.15, 0.2) is 0 Å². The highest BCUT2D eigenvalue weighted by atomic mass is 16.4. The second-order valence-electron chi connectivity index (χ2n) is 5.49. The van der Waals surface area contributed by atoms with Gasteiger partial charge in [-0.3, -0.25) is 4.79 Å². The summed E-state index contributed by atoms with van der Waals surface area (Å²) >= 11 is 0. The van der Waals surface area contributed by atoms with Gasteiger partial charge in [-0.05, 0) is 31.2 Å². The number of aliphatic hydroxyl groups is 1. The zero-order chi connectivity index (χ0) is 14.5. The molecule has 1 aliphatic rings. The molecule has 1 aromatic carbocycles. The van der Waals surface area contributed by atoms with Crippen molar-refractivity contribution in [3.05, 3.63) is 35.9 Å². The summed E-state index contributed by atoms with van der Waals surface area (Å²) in [6.07, 6.45) is 1.88. The first-order valence-corrected chi connectivity index (χ1v) is 7.02. The van der Waals surface area contributed by atoms with Crippen molar-refractivity contribution in [3.63, 3.8) is 0 Å². The van der Waals surface area contributed by atoms with E-state index in [0.29, 0.717) is 19.3 Å². The maximum atomic E-state index is 10.9. The Morgan fingerprint density at radius 2 is 2.05 bits per heavy atom. The highest BCUT2D eigenvalue weighted by Gasteiger charge is 2.31. The number of hydrogen-bond acceptors (Lipinski definition) is 4. The van der Waals surface area contributed by atoms with E-state index in [9.17, 15) is 9.90 Å². The maximum Gasteiger partial charge on any atom is 0.320 e. The van der Waals surface area contributed by atoms with Crippen molar-refractivity contribution in [2.45, 2.75) is 49.9 Å². The molecular formula is C15H22N2O3. The number of nitrogens with two attached hydrogens (primary N) is 1. The van der Waals surface area contributed by atoms with Crippen molar-refractivity contribution in [3.8, 4) is 0 Å². The summed E-state index contributed by atoms with van der Waals surface area (Å²) in [5, 5.41) is 22.1. The molecule has 0 aromatic heterocycles. The molecule has 20 heavy (non-hydrogen) atoms. The van der Waals surface area contributed by atoms with E-state index in [2.05, 4.69) is 5.32 Å². The molecule has 110 valence electrons. The minimum atomic E-state index is -0.824. The van der Waals surface area contributed by atoms with E-state index in [-0.39, 0.29) is 12.1 Å². The lowest BCUT2D eigenvalue weighted by Gasteiger charge is -2.22. The Labute approximate surface area is 118 Å². The predicted octanol–water partition coefficient (Wildman–Crippen LogP) is 0.513. The molecule has 1 saturated heterocycles. The molecule has 4 unspecified atom stereocenters. The molecule has 2 rings (SSSR count). The van der Waals surface area contributed by atoms with Gasteiger partial charge in [-0.1, -0.05) is 30.3 Å². The van der Waals surface area contributed by atoms with Gasteiger partial charge >= 0.3 is 5.97 Å². The van der Waals surface area contributed by atoms with Crippen LogP contribution in [0.2, 0.25) is 0 Å². The SMILES string of the molecule is NC(Cc1ccccc1)C(O)CC1CCC(C(=O)O)N1. The van der Waals surface area contributed by atoms with E-state index < -0.39 is 18.1 Å². The molecule has 0 aliphatic carbocycles. The van der Waals surface area contributed by atoms with Gasteiger partial charge in [0.1, 0.15) is 6.04 Å². The third-order valence-corrected chi connectivity index (χ3v) is 3.87. The van der Waals surface area contributed by atoms with Crippen molar-refractivity contribution >= 4 is 5.97 Å². The largest absolute Gasteiger partial charge is 0.480 e. The van der Waals surface area contributed by atoms with Crippen LogP contribution < -0.4 is 11.1 Å². The van der Waals surface area contributed by atoms with Crippen molar-refractivity contribution in [2.24, 2.45) is 5.73 Å². The molecule has 0 bridgehead atoms. The molecule has 0 saturated carbocycles. The highest BCUT2D eigenvalue weighted by molar-refractivity contribution is 5.73. The highest BCUT2D eigenvalue weighted by Crippen LogP contribution is 2.18. The van der Waals surface area contributed by atoms with Crippen molar-refractivity contribution in [1.82, 2.24) is 5.32 Å². The van der Waals surface area contributed by atoms with Gasteiger partial charge in [0.05, 0.1) is 6.10 Å². The Hall–Kier alpha value is -1.43. The smallest absolute Gasteiger partial charge is 0.320 e. The van der Waals surface area contributed by atoms with Gasteiger partial charge in [0.2, 0.25) is 0 Å². The van der Waals surface area contributed by atoms with Crippen LogP contribution in [0.25, 0.3) is 0 Å². The summed E-state index contributed by atoms with van der Waals surface area (Å²) in [5.41, 5.74) is 7.13. The van der Waals surface area contributed by atoms with E-state index in [0.717, 1.165) is 12.0 Å². The summed E-state index contributed by atoms with van der Waals surface area (Å²) in [5.74, 6) is -0.824. The number of hydrogen-bond donors (Lipinski definition) is 4. The fraction of sp³-hybridized carbons (Fsp3) is 0.533. The monoisotopic (exact) mass is 278 g/mol. The Morgan fingerprint density at radius 3 is 2.65 bits per heavy atom.